The molecule has 330 valence electrons. The fourth-order valence-electron chi connectivity index (χ4n) is 8.60. The number of β-amino-alcohol motifs (C(OH)–C–C–N with tert-alkyl or cyclic N) is 1. The largest absolute Gasteiger partial charge is 0.489 e. The fraction of sp³-hybridized carbons (Fsp3) is 0.489. The summed E-state index contributed by atoms with van der Waals surface area (Å²) in [7, 11) is 0. The second-order valence-electron chi connectivity index (χ2n) is 18.4. The van der Waals surface area contributed by atoms with Crippen molar-refractivity contribution < 1.29 is 33.8 Å². The van der Waals surface area contributed by atoms with Gasteiger partial charge in [0.25, 0.3) is 5.91 Å². The highest BCUT2D eigenvalue weighted by molar-refractivity contribution is 6.31. The normalized spacial score (nSPS) is 20.4. The third-order valence-electron chi connectivity index (χ3n) is 11.7. The zero-order valence-electron chi connectivity index (χ0n) is 36.5. The Morgan fingerprint density at radius 1 is 0.952 bits per heavy atom. The SMILES string of the molecule is CC(C)(C)[C@H](NC(=O)COCCCCNc1ccc(C(=O)N[C@H]2C(C)(C)[C@H](Oc3ccc(C#N)c(Cl)c3)C2(C)C)cc1)C(=O)N1C[C@H](O)C[C@H]1C(=O)NCc1ccc(C#N)cc1. The van der Waals surface area contributed by atoms with E-state index in [0.717, 1.165) is 17.7 Å². The number of anilines is 1. The Labute approximate surface area is 369 Å². The summed E-state index contributed by atoms with van der Waals surface area (Å²) >= 11 is 6.23. The van der Waals surface area contributed by atoms with Gasteiger partial charge in [0.05, 0.1) is 28.3 Å². The third kappa shape index (κ3) is 11.4. The lowest BCUT2D eigenvalue weighted by Crippen LogP contribution is -2.74. The Balaban J connectivity index is 1.01. The van der Waals surface area contributed by atoms with Gasteiger partial charge >= 0.3 is 0 Å². The highest BCUT2D eigenvalue weighted by atomic mass is 35.5. The second kappa shape index (κ2) is 20.0. The Morgan fingerprint density at radius 3 is 2.24 bits per heavy atom. The monoisotopic (exact) mass is 867 g/mol. The molecule has 5 N–H and O–H groups in total. The zero-order valence-corrected chi connectivity index (χ0v) is 37.3. The van der Waals surface area contributed by atoms with Gasteiger partial charge in [0.2, 0.25) is 17.7 Å². The summed E-state index contributed by atoms with van der Waals surface area (Å²) in [5, 5.41) is 41.2. The molecule has 2 fully saturated rings. The van der Waals surface area contributed by atoms with E-state index in [1.54, 1.807) is 54.6 Å². The molecule has 2 aliphatic rings. The molecule has 5 rings (SSSR count). The van der Waals surface area contributed by atoms with Gasteiger partial charge in [0.1, 0.15) is 36.6 Å². The number of hydrogen-bond acceptors (Lipinski definition) is 10. The number of nitrogens with zero attached hydrogens (tertiary/aromatic N) is 3. The molecule has 62 heavy (non-hydrogen) atoms. The number of nitrogens with one attached hydrogen (secondary N) is 4. The highest BCUT2D eigenvalue weighted by Gasteiger charge is 2.64. The van der Waals surface area contributed by atoms with Crippen molar-refractivity contribution in [3.05, 3.63) is 94.0 Å². The van der Waals surface area contributed by atoms with E-state index < -0.39 is 41.3 Å². The maximum absolute atomic E-state index is 13.8. The number of unbranched alkanes of at least 4 members (excludes halogenated alkanes) is 1. The summed E-state index contributed by atoms with van der Waals surface area (Å²) in [5.74, 6) is -0.946. The van der Waals surface area contributed by atoms with Crippen molar-refractivity contribution in [1.82, 2.24) is 20.9 Å². The molecule has 0 bridgehead atoms. The number of amides is 4. The Hall–Kier alpha value is -5.67. The minimum absolute atomic E-state index is 0.0330. The lowest BCUT2D eigenvalue weighted by atomic mass is 9.49. The van der Waals surface area contributed by atoms with Crippen LogP contribution in [-0.2, 0) is 25.7 Å². The predicted octanol–water partition coefficient (Wildman–Crippen LogP) is 5.71. The van der Waals surface area contributed by atoms with E-state index in [1.165, 1.54) is 4.90 Å². The van der Waals surface area contributed by atoms with E-state index in [9.17, 15) is 29.5 Å². The van der Waals surface area contributed by atoms with Crippen molar-refractivity contribution >= 4 is 40.9 Å². The van der Waals surface area contributed by atoms with Crippen LogP contribution in [0.25, 0.3) is 0 Å². The number of aliphatic hydroxyl groups is 1. The molecule has 3 aromatic rings. The van der Waals surface area contributed by atoms with E-state index in [1.807, 2.05) is 32.9 Å². The smallest absolute Gasteiger partial charge is 0.251 e. The van der Waals surface area contributed by atoms with Gasteiger partial charge in [-0.05, 0) is 72.4 Å². The number of likely N-dealkylation sites (tertiary alicyclic amines) is 1. The van der Waals surface area contributed by atoms with Crippen LogP contribution in [0.3, 0.4) is 0 Å². The van der Waals surface area contributed by atoms with E-state index in [-0.39, 0.29) is 55.0 Å². The van der Waals surface area contributed by atoms with Crippen molar-refractivity contribution in [3.63, 3.8) is 0 Å². The van der Waals surface area contributed by atoms with E-state index in [0.29, 0.717) is 47.0 Å². The van der Waals surface area contributed by atoms with Crippen LogP contribution in [0.15, 0.2) is 66.7 Å². The first-order valence-corrected chi connectivity index (χ1v) is 21.3. The van der Waals surface area contributed by atoms with Gasteiger partial charge in [-0.2, -0.15) is 10.5 Å². The summed E-state index contributed by atoms with van der Waals surface area (Å²) in [6.45, 7) is 14.6. The van der Waals surface area contributed by atoms with Crippen LogP contribution < -0.4 is 26.0 Å². The van der Waals surface area contributed by atoms with Crippen molar-refractivity contribution in [2.45, 2.75) is 105 Å². The van der Waals surface area contributed by atoms with Gasteiger partial charge in [-0.1, -0.05) is 72.2 Å². The van der Waals surface area contributed by atoms with Gasteiger partial charge in [-0.3, -0.25) is 19.2 Å². The number of carbonyl (C=O) groups is 4. The molecule has 1 aliphatic carbocycles. The molecular weight excluding hydrogens is 810 g/mol. The van der Waals surface area contributed by atoms with E-state index in [4.69, 9.17) is 26.3 Å². The first kappa shape index (κ1) is 47.4. The molecule has 14 nitrogen and oxygen atoms in total. The molecule has 0 radical (unpaired) electrons. The molecule has 3 aromatic carbocycles. The minimum Gasteiger partial charge on any atom is -0.489 e. The van der Waals surface area contributed by atoms with Crippen LogP contribution in [0.2, 0.25) is 5.02 Å². The molecule has 1 aliphatic heterocycles. The molecule has 1 heterocycles. The van der Waals surface area contributed by atoms with E-state index in [2.05, 4.69) is 61.1 Å². The lowest BCUT2D eigenvalue weighted by molar-refractivity contribution is -0.164. The lowest BCUT2D eigenvalue weighted by Gasteiger charge is -2.63. The summed E-state index contributed by atoms with van der Waals surface area (Å²) in [4.78, 5) is 54.7. The number of rotatable bonds is 17. The van der Waals surface area contributed by atoms with Gasteiger partial charge < -0.3 is 40.7 Å². The average molecular weight is 868 g/mol. The molecule has 1 saturated heterocycles. The number of aliphatic hydroxyl groups excluding tert-OH is 1. The van der Waals surface area contributed by atoms with Crippen LogP contribution in [0.4, 0.5) is 5.69 Å². The molecule has 0 unspecified atom stereocenters. The Bertz CT molecular complexity index is 2160. The molecule has 4 amide bonds. The number of nitriles is 2. The average Bonchev–Trinajstić information content (AvgIpc) is 3.63. The summed E-state index contributed by atoms with van der Waals surface area (Å²) < 4.78 is 12.0. The van der Waals surface area contributed by atoms with Crippen LogP contribution in [0, 0.1) is 38.9 Å². The Morgan fingerprint density at radius 2 is 1.63 bits per heavy atom. The van der Waals surface area contributed by atoms with Crippen LogP contribution in [-0.4, -0.2) is 90.3 Å². The maximum Gasteiger partial charge on any atom is 0.251 e. The number of benzene rings is 3. The van der Waals surface area contributed by atoms with Gasteiger partial charge in [0.15, 0.2) is 0 Å². The van der Waals surface area contributed by atoms with Crippen molar-refractivity contribution in [3.8, 4) is 17.9 Å². The first-order valence-electron chi connectivity index (χ1n) is 20.9. The van der Waals surface area contributed by atoms with Crippen molar-refractivity contribution in [2.75, 3.05) is 31.6 Å². The molecule has 3 atom stereocenters. The number of carbonyl (C=O) groups excluding carboxylic acids is 4. The third-order valence-corrected chi connectivity index (χ3v) is 12.0. The topological polar surface area (TPSA) is 206 Å². The van der Waals surface area contributed by atoms with Gasteiger partial charge in [0, 0.05) is 66.9 Å². The predicted molar refractivity (Wildman–Crippen MR) is 235 cm³/mol. The number of halogens is 1. The van der Waals surface area contributed by atoms with Gasteiger partial charge in [-0.25, -0.2) is 0 Å². The van der Waals surface area contributed by atoms with Crippen molar-refractivity contribution in [2.24, 2.45) is 16.2 Å². The molecule has 1 saturated carbocycles. The second-order valence-corrected chi connectivity index (χ2v) is 18.8. The van der Waals surface area contributed by atoms with Crippen LogP contribution in [0.1, 0.15) is 94.8 Å². The zero-order chi connectivity index (χ0) is 45.4. The van der Waals surface area contributed by atoms with Crippen LogP contribution in [0.5, 0.6) is 5.75 Å². The molecule has 0 spiro atoms. The molecule has 0 aromatic heterocycles. The minimum atomic E-state index is -0.968. The molecule has 15 heteroatoms. The highest BCUT2D eigenvalue weighted by Crippen LogP contribution is 2.55. The fourth-order valence-corrected chi connectivity index (χ4v) is 8.82. The van der Waals surface area contributed by atoms with Gasteiger partial charge in [-0.15, -0.1) is 0 Å². The molecular formula is C47H58ClN7O7. The summed E-state index contributed by atoms with van der Waals surface area (Å²) in [5.41, 5.74) is 1.58. The standard InChI is InChI=1S/C47H58ClN7O7/c1-45(2,3)39(42(60)55-27-34(56)22-37(55)41(59)52-26-30-12-10-29(24-49)11-13-30)53-38(57)28-61-21-9-8-20-51-33-17-14-31(15-18-33)40(58)54-43-46(4,5)44(47(43,6)7)62-35-19-16-32(25-50)36(48)23-35/h10-19,23,34,37,39,43-44,51,56H,8-9,20-22,26-28H2,1-7H3,(H,52,59)(H,53,57)(H,54,58)/t34-,37+,39-,43-,44-/m1/s1. The maximum atomic E-state index is 13.8. The number of hydrogen-bond donors (Lipinski definition) is 5. The Kier molecular flexibility index (Phi) is 15.3. The van der Waals surface area contributed by atoms with Crippen LogP contribution >= 0.6 is 11.6 Å². The quantitative estimate of drug-likeness (QED) is 0.105. The van der Waals surface area contributed by atoms with E-state index >= 15 is 0 Å². The summed E-state index contributed by atoms with van der Waals surface area (Å²) in [6.07, 6.45) is 0.400. The first-order chi connectivity index (χ1) is 29.3. The number of ether oxygens (including phenoxy) is 2. The van der Waals surface area contributed by atoms with Crippen molar-refractivity contribution in [1.29, 1.82) is 10.5 Å². The summed E-state index contributed by atoms with van der Waals surface area (Å²) in [6, 6.07) is 21.1.